The van der Waals surface area contributed by atoms with E-state index in [2.05, 4.69) is 10.1 Å². The van der Waals surface area contributed by atoms with Crippen LogP contribution in [0.5, 0.6) is 5.75 Å². The largest absolute Gasteiger partial charge is 0.573 e. The van der Waals surface area contributed by atoms with Crippen LogP contribution in [0.4, 0.5) is 30.2 Å². The minimum absolute atomic E-state index is 0.0878. The number of nitrogens with one attached hydrogen (secondary N) is 1. The predicted molar refractivity (Wildman–Crippen MR) is 113 cm³/mol. The molecular weight excluding hydrogens is 431 g/mol. The summed E-state index contributed by atoms with van der Waals surface area (Å²) in [5, 5.41) is 13.9. The molecule has 1 amide bonds. The van der Waals surface area contributed by atoms with E-state index < -0.39 is 22.9 Å². The Morgan fingerprint density at radius 1 is 1.16 bits per heavy atom. The van der Waals surface area contributed by atoms with Crippen LogP contribution in [0.3, 0.4) is 0 Å². The lowest BCUT2D eigenvalue weighted by molar-refractivity contribution is -0.385. The smallest absolute Gasteiger partial charge is 0.406 e. The number of amides is 1. The molecule has 0 unspecified atom stereocenters. The number of anilines is 2. The lowest BCUT2D eigenvalue weighted by atomic mass is 10.0. The van der Waals surface area contributed by atoms with Crippen molar-refractivity contribution in [1.29, 1.82) is 0 Å². The molecule has 2 aromatic rings. The van der Waals surface area contributed by atoms with Crippen molar-refractivity contribution in [2.24, 2.45) is 0 Å². The number of rotatable bonds is 5. The number of hydrogen-bond acceptors (Lipinski definition) is 6. The Balaban J connectivity index is 0.00000176. The minimum Gasteiger partial charge on any atom is -0.406 e. The van der Waals surface area contributed by atoms with Gasteiger partial charge in [-0.1, -0.05) is 13.8 Å². The Morgan fingerprint density at radius 3 is 2.28 bits per heavy atom. The highest BCUT2D eigenvalue weighted by atomic mass is 19.4. The molecule has 174 valence electrons. The van der Waals surface area contributed by atoms with E-state index in [0.717, 1.165) is 12.1 Å². The highest BCUT2D eigenvalue weighted by Crippen LogP contribution is 2.31. The number of carbonyl (C=O) groups excluding carboxylic acids is 1. The first-order chi connectivity index (χ1) is 15.1. The third-order valence-corrected chi connectivity index (χ3v) is 4.45. The molecule has 0 aromatic heterocycles. The van der Waals surface area contributed by atoms with E-state index in [1.165, 1.54) is 18.2 Å². The van der Waals surface area contributed by atoms with Crippen molar-refractivity contribution in [2.75, 3.05) is 36.5 Å². The van der Waals surface area contributed by atoms with Gasteiger partial charge in [-0.3, -0.25) is 14.9 Å². The molecule has 1 aliphatic rings. The molecule has 11 heteroatoms. The Labute approximate surface area is 183 Å². The van der Waals surface area contributed by atoms with E-state index in [4.69, 9.17) is 4.74 Å². The molecule has 0 saturated carbocycles. The Bertz CT molecular complexity index is 943. The Hall–Kier alpha value is -3.34. The summed E-state index contributed by atoms with van der Waals surface area (Å²) in [6.45, 7) is 7.53. The quantitative estimate of drug-likeness (QED) is 0.508. The molecule has 8 nitrogen and oxygen atoms in total. The molecule has 1 saturated heterocycles. The molecule has 0 bridgehead atoms. The average molecular weight is 455 g/mol. The van der Waals surface area contributed by atoms with Crippen LogP contribution in [0, 0.1) is 17.0 Å². The maximum atomic E-state index is 12.9. The van der Waals surface area contributed by atoms with Gasteiger partial charge in [0.1, 0.15) is 5.75 Å². The van der Waals surface area contributed by atoms with Crippen molar-refractivity contribution in [3.05, 3.63) is 57.6 Å². The second-order valence-corrected chi connectivity index (χ2v) is 6.54. The van der Waals surface area contributed by atoms with E-state index >= 15 is 0 Å². The van der Waals surface area contributed by atoms with E-state index in [0.29, 0.717) is 37.6 Å². The third-order valence-electron chi connectivity index (χ3n) is 4.45. The van der Waals surface area contributed by atoms with Gasteiger partial charge < -0.3 is 19.7 Å². The maximum absolute atomic E-state index is 12.9. The van der Waals surface area contributed by atoms with Gasteiger partial charge in [0.2, 0.25) is 0 Å². The van der Waals surface area contributed by atoms with Gasteiger partial charge in [0, 0.05) is 30.4 Å². The summed E-state index contributed by atoms with van der Waals surface area (Å²) in [4.78, 5) is 25.5. The van der Waals surface area contributed by atoms with Crippen LogP contribution >= 0.6 is 0 Å². The molecule has 1 N–H and O–H groups in total. The summed E-state index contributed by atoms with van der Waals surface area (Å²) in [5.74, 6) is -1.05. The van der Waals surface area contributed by atoms with Gasteiger partial charge in [0.15, 0.2) is 0 Å². The topological polar surface area (TPSA) is 93.9 Å². The lowest BCUT2D eigenvalue weighted by Gasteiger charge is -2.30. The molecule has 0 spiro atoms. The number of benzene rings is 2. The second kappa shape index (κ2) is 10.8. The van der Waals surface area contributed by atoms with Crippen LogP contribution in [0.15, 0.2) is 36.4 Å². The number of aryl methyl sites for hydroxylation is 1. The van der Waals surface area contributed by atoms with Gasteiger partial charge in [-0.2, -0.15) is 0 Å². The first-order valence-corrected chi connectivity index (χ1v) is 9.93. The number of nitro groups is 1. The summed E-state index contributed by atoms with van der Waals surface area (Å²) >= 11 is 0. The zero-order valence-corrected chi connectivity index (χ0v) is 17.9. The fourth-order valence-electron chi connectivity index (χ4n) is 3.06. The number of morpholine rings is 1. The van der Waals surface area contributed by atoms with E-state index in [9.17, 15) is 28.1 Å². The number of alkyl halides is 3. The average Bonchev–Trinajstić information content (AvgIpc) is 2.75. The van der Waals surface area contributed by atoms with Crippen LogP contribution < -0.4 is 15.0 Å². The van der Waals surface area contributed by atoms with Gasteiger partial charge >= 0.3 is 6.36 Å². The van der Waals surface area contributed by atoms with Crippen LogP contribution in [0.2, 0.25) is 0 Å². The molecule has 1 fully saturated rings. The van der Waals surface area contributed by atoms with Gasteiger partial charge in [-0.25, -0.2) is 0 Å². The molecule has 1 aliphatic heterocycles. The number of hydrogen-bond donors (Lipinski definition) is 1. The Kier molecular flexibility index (Phi) is 8.41. The SMILES string of the molecule is CC.Cc1cc(N2CCOCC2)c(C(=O)Nc2ccc(OC(F)(F)F)cc2)cc1[N+](=O)[O-]. The zero-order valence-electron chi connectivity index (χ0n) is 17.9. The van der Waals surface area contributed by atoms with Crippen LogP contribution in [-0.2, 0) is 4.74 Å². The molecule has 0 radical (unpaired) electrons. The minimum atomic E-state index is -4.82. The lowest BCUT2D eigenvalue weighted by Crippen LogP contribution is -2.37. The van der Waals surface area contributed by atoms with E-state index in [1.807, 2.05) is 18.7 Å². The van der Waals surface area contributed by atoms with E-state index in [-0.39, 0.29) is 16.9 Å². The van der Waals surface area contributed by atoms with Crippen molar-refractivity contribution in [3.63, 3.8) is 0 Å². The molecule has 2 aromatic carbocycles. The van der Waals surface area contributed by atoms with Crippen LogP contribution in [-0.4, -0.2) is 43.5 Å². The summed E-state index contributed by atoms with van der Waals surface area (Å²) in [6.07, 6.45) is -4.82. The van der Waals surface area contributed by atoms with E-state index in [1.54, 1.807) is 13.0 Å². The molecular formula is C21H24F3N3O5. The number of nitro benzene ring substituents is 1. The fourth-order valence-corrected chi connectivity index (χ4v) is 3.06. The molecule has 1 heterocycles. The molecule has 0 aliphatic carbocycles. The van der Waals surface area contributed by atoms with Gasteiger partial charge in [0.05, 0.1) is 29.4 Å². The van der Waals surface area contributed by atoms with Crippen molar-refractivity contribution < 1.29 is 32.4 Å². The summed E-state index contributed by atoms with van der Waals surface area (Å²) in [5.41, 5.74) is 1.03. The maximum Gasteiger partial charge on any atom is 0.573 e. The van der Waals surface area contributed by atoms with Gasteiger partial charge in [-0.05, 0) is 37.3 Å². The van der Waals surface area contributed by atoms with Crippen LogP contribution in [0.25, 0.3) is 0 Å². The summed E-state index contributed by atoms with van der Waals surface area (Å²) < 4.78 is 45.9. The first-order valence-electron chi connectivity index (χ1n) is 9.93. The van der Waals surface area contributed by atoms with Crippen molar-refractivity contribution in [3.8, 4) is 5.75 Å². The van der Waals surface area contributed by atoms with Crippen molar-refractivity contribution >= 4 is 23.0 Å². The first kappa shape index (κ1) is 24.9. The Morgan fingerprint density at radius 2 is 1.75 bits per heavy atom. The van der Waals surface area contributed by atoms with Gasteiger partial charge in [0.25, 0.3) is 11.6 Å². The highest BCUT2D eigenvalue weighted by Gasteiger charge is 2.31. The molecule has 32 heavy (non-hydrogen) atoms. The third kappa shape index (κ3) is 6.58. The van der Waals surface area contributed by atoms with Crippen LogP contribution in [0.1, 0.15) is 29.8 Å². The fraction of sp³-hybridized carbons (Fsp3) is 0.381. The van der Waals surface area contributed by atoms with Gasteiger partial charge in [-0.15, -0.1) is 13.2 Å². The number of ether oxygens (including phenoxy) is 2. The summed E-state index contributed by atoms with van der Waals surface area (Å²) in [7, 11) is 0. The standard InChI is InChI=1S/C19H18F3N3O5.C2H6/c1-12-10-17(24-6-8-29-9-7-24)15(11-16(12)25(27)28)18(26)23-13-2-4-14(5-3-13)30-19(20,21)22;1-2/h2-5,10-11H,6-9H2,1H3,(H,23,26);1-2H3. The molecule has 3 rings (SSSR count). The normalized spacial score (nSPS) is 13.6. The van der Waals surface area contributed by atoms with Crippen molar-refractivity contribution in [2.45, 2.75) is 27.1 Å². The molecule has 0 atom stereocenters. The highest BCUT2D eigenvalue weighted by molar-refractivity contribution is 6.08. The summed E-state index contributed by atoms with van der Waals surface area (Å²) in [6, 6.07) is 7.40. The number of carbonyl (C=O) groups is 1. The number of nitrogens with zero attached hydrogens (tertiary/aromatic N) is 2. The monoisotopic (exact) mass is 455 g/mol. The zero-order chi connectivity index (χ0) is 23.9. The second-order valence-electron chi connectivity index (χ2n) is 6.54. The van der Waals surface area contributed by atoms with Crippen molar-refractivity contribution in [1.82, 2.24) is 0 Å². The predicted octanol–water partition coefficient (Wildman–Crippen LogP) is 4.92. The number of halogens is 3.